The van der Waals surface area contributed by atoms with Gasteiger partial charge in [0.25, 0.3) is 15.7 Å². The van der Waals surface area contributed by atoms with Gasteiger partial charge in [-0.3, -0.25) is 14.8 Å². The Kier molecular flexibility index (Phi) is 3.17. The zero-order valence-electron chi connectivity index (χ0n) is 9.20. The van der Waals surface area contributed by atoms with Crippen LogP contribution in [0.2, 0.25) is 0 Å². The number of aromatic nitrogens is 2. The number of anilines is 1. The average molecular weight is 286 g/mol. The topological polar surface area (TPSA) is 118 Å². The Hall–Kier alpha value is -2.49. The molecule has 100 valence electrons. The van der Waals surface area contributed by atoms with Gasteiger partial charge in [0.05, 0.1) is 17.4 Å². The summed E-state index contributed by atoms with van der Waals surface area (Å²) in [6.07, 6.45) is 2.15. The van der Waals surface area contributed by atoms with Crippen LogP contribution in [-0.2, 0) is 10.0 Å². The highest BCUT2D eigenvalue weighted by molar-refractivity contribution is 7.92. The maximum atomic E-state index is 13.1. The first-order valence-corrected chi connectivity index (χ1v) is 6.33. The van der Waals surface area contributed by atoms with Crippen molar-refractivity contribution in [3.05, 3.63) is 46.7 Å². The maximum Gasteiger partial charge on any atom is 0.293 e. The molecule has 0 spiro atoms. The largest absolute Gasteiger partial charge is 0.334 e. The number of sulfonamides is 1. The van der Waals surface area contributed by atoms with E-state index >= 15 is 0 Å². The summed E-state index contributed by atoms with van der Waals surface area (Å²) in [7, 11) is -4.08. The third kappa shape index (κ3) is 2.68. The highest BCUT2D eigenvalue weighted by atomic mass is 32.2. The second-order valence-corrected chi connectivity index (χ2v) is 5.09. The number of benzene rings is 1. The molecule has 0 radical (unpaired) electrons. The van der Waals surface area contributed by atoms with Crippen molar-refractivity contribution in [1.29, 1.82) is 0 Å². The number of nitro benzene ring substituents is 1. The van der Waals surface area contributed by atoms with Crippen molar-refractivity contribution in [3.8, 4) is 0 Å². The van der Waals surface area contributed by atoms with Crippen molar-refractivity contribution in [2.75, 3.05) is 4.72 Å². The lowest BCUT2D eigenvalue weighted by molar-refractivity contribution is -0.383. The normalized spacial score (nSPS) is 11.2. The molecular weight excluding hydrogens is 279 g/mol. The van der Waals surface area contributed by atoms with E-state index in [2.05, 4.69) is 9.97 Å². The summed E-state index contributed by atoms with van der Waals surface area (Å²) in [6, 6.07) is 2.47. The third-order valence-corrected chi connectivity index (χ3v) is 3.45. The van der Waals surface area contributed by atoms with Gasteiger partial charge in [-0.1, -0.05) is 0 Å². The number of imidazole rings is 1. The van der Waals surface area contributed by atoms with E-state index in [1.54, 1.807) is 0 Å². The zero-order valence-corrected chi connectivity index (χ0v) is 10.0. The van der Waals surface area contributed by atoms with E-state index in [1.165, 1.54) is 0 Å². The van der Waals surface area contributed by atoms with Gasteiger partial charge in [-0.05, 0) is 6.07 Å². The van der Waals surface area contributed by atoms with E-state index in [4.69, 9.17) is 0 Å². The van der Waals surface area contributed by atoms with Gasteiger partial charge < -0.3 is 4.98 Å². The molecule has 0 aliphatic rings. The summed E-state index contributed by atoms with van der Waals surface area (Å²) in [6.45, 7) is 0. The lowest BCUT2D eigenvalue weighted by Crippen LogP contribution is -2.14. The lowest BCUT2D eigenvalue weighted by Gasteiger charge is -2.06. The number of nitro groups is 1. The standard InChI is InChI=1S/C9H7FN4O4S/c10-6-1-2-8(14(15)16)7(3-6)13-19(17,18)9-4-11-5-12-9/h1-5,13H,(H,11,12). The van der Waals surface area contributed by atoms with Gasteiger partial charge in [-0.15, -0.1) is 0 Å². The molecule has 8 nitrogen and oxygen atoms in total. The smallest absolute Gasteiger partial charge is 0.293 e. The first-order chi connectivity index (χ1) is 8.90. The summed E-state index contributed by atoms with van der Waals surface area (Å²) in [5.74, 6) is -0.798. The van der Waals surface area contributed by atoms with Gasteiger partial charge in [0.15, 0.2) is 5.03 Å². The monoisotopic (exact) mass is 286 g/mol. The lowest BCUT2D eigenvalue weighted by atomic mass is 10.3. The van der Waals surface area contributed by atoms with Crippen LogP contribution in [0.25, 0.3) is 0 Å². The summed E-state index contributed by atoms with van der Waals surface area (Å²) in [5, 5.41) is 10.4. The van der Waals surface area contributed by atoms with E-state index in [9.17, 15) is 22.9 Å². The van der Waals surface area contributed by atoms with Gasteiger partial charge in [-0.2, -0.15) is 8.42 Å². The molecule has 19 heavy (non-hydrogen) atoms. The molecule has 2 rings (SSSR count). The van der Waals surface area contributed by atoms with Crippen LogP contribution in [0.4, 0.5) is 15.8 Å². The molecule has 0 unspecified atom stereocenters. The van der Waals surface area contributed by atoms with E-state index in [0.29, 0.717) is 0 Å². The van der Waals surface area contributed by atoms with Crippen molar-refractivity contribution in [2.24, 2.45) is 0 Å². The average Bonchev–Trinajstić information content (AvgIpc) is 2.81. The van der Waals surface area contributed by atoms with Gasteiger partial charge in [0, 0.05) is 12.1 Å². The third-order valence-electron chi connectivity index (χ3n) is 2.16. The molecule has 1 heterocycles. The molecule has 0 aliphatic carbocycles. The molecule has 0 saturated carbocycles. The first kappa shape index (κ1) is 13.0. The molecule has 1 aromatic carbocycles. The van der Waals surface area contributed by atoms with E-state index in [1.807, 2.05) is 4.72 Å². The fourth-order valence-electron chi connectivity index (χ4n) is 1.34. The highest BCUT2D eigenvalue weighted by Crippen LogP contribution is 2.26. The quantitative estimate of drug-likeness (QED) is 0.648. The summed E-state index contributed by atoms with van der Waals surface area (Å²) >= 11 is 0. The van der Waals surface area contributed by atoms with Crippen molar-refractivity contribution in [2.45, 2.75) is 5.03 Å². The second kappa shape index (κ2) is 4.65. The van der Waals surface area contributed by atoms with Gasteiger partial charge in [0.2, 0.25) is 0 Å². The van der Waals surface area contributed by atoms with Crippen molar-refractivity contribution >= 4 is 21.4 Å². The molecule has 2 aromatic rings. The number of rotatable bonds is 4. The number of nitrogens with one attached hydrogen (secondary N) is 2. The Bertz CT molecular complexity index is 714. The SMILES string of the molecule is O=[N+]([O-])c1ccc(F)cc1NS(=O)(=O)c1cnc[nH]1. The van der Waals surface area contributed by atoms with E-state index in [-0.39, 0.29) is 5.03 Å². The minimum Gasteiger partial charge on any atom is -0.334 e. The van der Waals surface area contributed by atoms with Gasteiger partial charge in [0.1, 0.15) is 11.5 Å². The fourth-order valence-corrected chi connectivity index (χ4v) is 2.31. The number of nitrogens with zero attached hydrogens (tertiary/aromatic N) is 2. The minimum atomic E-state index is -4.08. The number of aromatic amines is 1. The number of hydrogen-bond donors (Lipinski definition) is 2. The van der Waals surface area contributed by atoms with Crippen LogP contribution in [-0.4, -0.2) is 23.3 Å². The Morgan fingerprint density at radius 1 is 1.42 bits per heavy atom. The molecule has 0 fully saturated rings. The van der Waals surface area contributed by atoms with Gasteiger partial charge >= 0.3 is 0 Å². The molecule has 1 aromatic heterocycles. The summed E-state index contributed by atoms with van der Waals surface area (Å²) < 4.78 is 38.6. The Balaban J connectivity index is 2.44. The van der Waals surface area contributed by atoms with Gasteiger partial charge in [-0.25, -0.2) is 9.37 Å². The molecule has 0 aliphatic heterocycles. The molecule has 10 heteroatoms. The van der Waals surface area contributed by atoms with E-state index < -0.39 is 32.1 Å². The Morgan fingerprint density at radius 2 is 2.16 bits per heavy atom. The van der Waals surface area contributed by atoms with Crippen molar-refractivity contribution in [1.82, 2.24) is 9.97 Å². The molecule has 0 bridgehead atoms. The van der Waals surface area contributed by atoms with Crippen LogP contribution in [0.1, 0.15) is 0 Å². The fraction of sp³-hybridized carbons (Fsp3) is 0. The van der Waals surface area contributed by atoms with Crippen molar-refractivity contribution < 1.29 is 17.7 Å². The Labute approximate surface area is 106 Å². The van der Waals surface area contributed by atoms with Crippen molar-refractivity contribution in [3.63, 3.8) is 0 Å². The predicted octanol–water partition coefficient (Wildman–Crippen LogP) is 1.26. The zero-order chi connectivity index (χ0) is 14.0. The number of H-pyrrole nitrogens is 1. The summed E-state index contributed by atoms with van der Waals surface area (Å²) in [5.41, 5.74) is -1.01. The predicted molar refractivity (Wildman–Crippen MR) is 62.5 cm³/mol. The van der Waals surface area contributed by atoms with Crippen LogP contribution >= 0.6 is 0 Å². The minimum absolute atomic E-state index is 0.286. The molecular formula is C9H7FN4O4S. The second-order valence-electron chi connectivity index (χ2n) is 3.44. The van der Waals surface area contributed by atoms with E-state index in [0.717, 1.165) is 30.7 Å². The van der Waals surface area contributed by atoms with Crippen LogP contribution in [0.3, 0.4) is 0 Å². The number of hydrogen-bond acceptors (Lipinski definition) is 5. The van der Waals surface area contributed by atoms with Crippen LogP contribution < -0.4 is 4.72 Å². The summed E-state index contributed by atoms with van der Waals surface area (Å²) in [4.78, 5) is 15.8. The maximum absolute atomic E-state index is 13.1. The molecule has 2 N–H and O–H groups in total. The Morgan fingerprint density at radius 3 is 2.74 bits per heavy atom. The first-order valence-electron chi connectivity index (χ1n) is 4.85. The van der Waals surface area contributed by atoms with Crippen LogP contribution in [0.5, 0.6) is 0 Å². The molecule has 0 saturated heterocycles. The molecule has 0 atom stereocenters. The number of halogens is 1. The van der Waals surface area contributed by atoms with Crippen LogP contribution in [0.15, 0.2) is 35.7 Å². The molecule has 0 amide bonds. The highest BCUT2D eigenvalue weighted by Gasteiger charge is 2.22. The van der Waals surface area contributed by atoms with Crippen LogP contribution in [0, 0.1) is 15.9 Å².